The summed E-state index contributed by atoms with van der Waals surface area (Å²) in [5.41, 5.74) is 3.77. The lowest BCUT2D eigenvalue weighted by Crippen LogP contribution is -2.30. The Labute approximate surface area is 234 Å². The van der Waals surface area contributed by atoms with E-state index in [1.54, 1.807) is 30.3 Å². The molecular weight excluding hydrogens is 531 g/mol. The molecule has 0 bridgehead atoms. The van der Waals surface area contributed by atoms with E-state index in [0.717, 1.165) is 11.1 Å². The maximum Gasteiger partial charge on any atom is 0.252 e. The van der Waals surface area contributed by atoms with Crippen molar-refractivity contribution in [1.82, 2.24) is 14.0 Å². The Morgan fingerprint density at radius 1 is 1.07 bits per heavy atom. The van der Waals surface area contributed by atoms with Gasteiger partial charge in [-0.25, -0.2) is 9.37 Å². The molecular formula is C31H24ClFN4O3. The molecule has 0 fully saturated rings. The standard InChI is InChI=1S/C31H24ClFN4O3/c1-3-27(37-18-29(40-2)25(14-31(37)39)24-13-22(32)8-5-21(24)15-34)28(38)12-19-4-11-30-35-26(17-36(30)16-19)20-6-9-23(33)10-7-20/h4-11,13-14,16-18,27H,3,12H2,1-2H3. The molecule has 0 aliphatic heterocycles. The lowest BCUT2D eigenvalue weighted by molar-refractivity contribution is -0.121. The number of fused-ring (bicyclic) bond motifs is 1. The van der Waals surface area contributed by atoms with Gasteiger partial charge in [-0.2, -0.15) is 5.26 Å². The molecule has 0 aliphatic rings. The summed E-state index contributed by atoms with van der Waals surface area (Å²) in [6, 6.07) is 17.3. The molecule has 2 aromatic carbocycles. The second-order valence-electron chi connectivity index (χ2n) is 9.31. The summed E-state index contributed by atoms with van der Waals surface area (Å²) < 4.78 is 22.1. The summed E-state index contributed by atoms with van der Waals surface area (Å²) in [4.78, 5) is 31.3. The van der Waals surface area contributed by atoms with Gasteiger partial charge in [0, 0.05) is 46.6 Å². The number of carbonyl (C=O) groups excluding carboxylic acids is 1. The maximum absolute atomic E-state index is 13.5. The number of hydrogen-bond donors (Lipinski definition) is 0. The zero-order valence-electron chi connectivity index (χ0n) is 21.8. The summed E-state index contributed by atoms with van der Waals surface area (Å²) in [5.74, 6) is -0.114. The SMILES string of the molecule is CCC(C(=O)Cc1ccc2nc(-c3ccc(F)cc3)cn2c1)n1cc(OC)c(-c2cc(Cl)ccc2C#N)cc1=O. The minimum Gasteiger partial charge on any atom is -0.495 e. The first kappa shape index (κ1) is 26.9. The van der Waals surface area contributed by atoms with Gasteiger partial charge in [-0.05, 0) is 60.5 Å². The highest BCUT2D eigenvalue weighted by molar-refractivity contribution is 6.31. The molecule has 3 heterocycles. The minimum absolute atomic E-state index is 0.0991. The summed E-state index contributed by atoms with van der Waals surface area (Å²) in [5, 5.41) is 9.97. The molecule has 1 unspecified atom stereocenters. The number of rotatable bonds is 8. The zero-order chi connectivity index (χ0) is 28.4. The Hall–Kier alpha value is -4.74. The molecule has 9 heteroatoms. The molecule has 0 saturated carbocycles. The molecule has 0 radical (unpaired) electrons. The topological polar surface area (TPSA) is 89.4 Å². The first-order chi connectivity index (χ1) is 19.3. The molecule has 3 aromatic heterocycles. The smallest absolute Gasteiger partial charge is 0.252 e. The summed E-state index contributed by atoms with van der Waals surface area (Å²) in [6.45, 7) is 1.84. The van der Waals surface area contributed by atoms with Gasteiger partial charge in [0.15, 0.2) is 5.78 Å². The number of aromatic nitrogens is 3. The van der Waals surface area contributed by atoms with E-state index in [4.69, 9.17) is 16.3 Å². The number of imidazole rings is 1. The van der Waals surface area contributed by atoms with Crippen LogP contribution in [0, 0.1) is 17.1 Å². The van der Waals surface area contributed by atoms with Gasteiger partial charge in [0.05, 0.1) is 36.7 Å². The van der Waals surface area contributed by atoms with Crippen LogP contribution >= 0.6 is 11.6 Å². The summed E-state index contributed by atoms with van der Waals surface area (Å²) >= 11 is 6.16. The van der Waals surface area contributed by atoms with Crippen molar-refractivity contribution in [2.45, 2.75) is 25.8 Å². The van der Waals surface area contributed by atoms with Gasteiger partial charge < -0.3 is 13.7 Å². The number of halogens is 2. The second-order valence-corrected chi connectivity index (χ2v) is 9.74. The van der Waals surface area contributed by atoms with E-state index >= 15 is 0 Å². The molecule has 1 atom stereocenters. The molecule has 5 aromatic rings. The fourth-order valence-corrected chi connectivity index (χ4v) is 4.95. The quantitative estimate of drug-likeness (QED) is 0.226. The fourth-order valence-electron chi connectivity index (χ4n) is 4.78. The average Bonchev–Trinajstić information content (AvgIpc) is 3.38. The Kier molecular flexibility index (Phi) is 7.50. The second kappa shape index (κ2) is 11.2. The van der Waals surface area contributed by atoms with Gasteiger partial charge in [-0.1, -0.05) is 24.6 Å². The molecule has 40 heavy (non-hydrogen) atoms. The molecule has 200 valence electrons. The van der Waals surface area contributed by atoms with Gasteiger partial charge in [0.25, 0.3) is 5.56 Å². The van der Waals surface area contributed by atoms with Crippen LogP contribution in [0.1, 0.15) is 30.5 Å². The molecule has 0 amide bonds. The number of nitriles is 1. The molecule has 0 saturated heterocycles. The minimum atomic E-state index is -0.724. The third-order valence-corrected chi connectivity index (χ3v) is 7.02. The molecule has 7 nitrogen and oxygen atoms in total. The van der Waals surface area contributed by atoms with Crippen molar-refractivity contribution in [3.8, 4) is 34.2 Å². The number of carbonyl (C=O) groups is 1. The largest absolute Gasteiger partial charge is 0.495 e. The van der Waals surface area contributed by atoms with Crippen molar-refractivity contribution in [2.75, 3.05) is 7.11 Å². The van der Waals surface area contributed by atoms with E-state index in [1.165, 1.54) is 36.1 Å². The number of ketones is 1. The van der Waals surface area contributed by atoms with Crippen LogP contribution in [0.2, 0.25) is 5.02 Å². The first-order valence-electron chi connectivity index (χ1n) is 12.6. The van der Waals surface area contributed by atoms with E-state index in [0.29, 0.717) is 45.2 Å². The molecule has 0 N–H and O–H groups in total. The highest BCUT2D eigenvalue weighted by atomic mass is 35.5. The third kappa shape index (κ3) is 5.24. The number of benzene rings is 2. The molecule has 0 aliphatic carbocycles. The normalized spacial score (nSPS) is 11.8. The van der Waals surface area contributed by atoms with Crippen molar-refractivity contribution in [2.24, 2.45) is 0 Å². The van der Waals surface area contributed by atoms with Crippen LogP contribution in [-0.4, -0.2) is 26.8 Å². The summed E-state index contributed by atoms with van der Waals surface area (Å²) in [6.07, 6.45) is 5.66. The van der Waals surface area contributed by atoms with Crippen molar-refractivity contribution in [1.29, 1.82) is 5.26 Å². The van der Waals surface area contributed by atoms with E-state index in [1.807, 2.05) is 35.9 Å². The number of methoxy groups -OCH3 is 1. The van der Waals surface area contributed by atoms with Gasteiger partial charge in [0.1, 0.15) is 17.2 Å². The van der Waals surface area contributed by atoms with Crippen molar-refractivity contribution < 1.29 is 13.9 Å². The van der Waals surface area contributed by atoms with Crippen LogP contribution in [0.4, 0.5) is 4.39 Å². The van der Waals surface area contributed by atoms with Crippen LogP contribution in [-0.2, 0) is 11.2 Å². The predicted octanol–water partition coefficient (Wildman–Crippen LogP) is 6.27. The van der Waals surface area contributed by atoms with Gasteiger partial charge >= 0.3 is 0 Å². The van der Waals surface area contributed by atoms with E-state index < -0.39 is 11.6 Å². The number of pyridine rings is 2. The van der Waals surface area contributed by atoms with Crippen LogP contribution in [0.5, 0.6) is 5.75 Å². The zero-order valence-corrected chi connectivity index (χ0v) is 22.5. The fraction of sp³-hybridized carbons (Fsp3) is 0.161. The van der Waals surface area contributed by atoms with E-state index in [-0.39, 0.29) is 18.0 Å². The van der Waals surface area contributed by atoms with Crippen molar-refractivity contribution in [3.05, 3.63) is 112 Å². The number of Topliss-reactive ketones (excluding diaryl/α,β-unsaturated/α-hetero) is 1. The molecule has 0 spiro atoms. The Morgan fingerprint density at radius 3 is 2.55 bits per heavy atom. The van der Waals surface area contributed by atoms with Crippen LogP contribution in [0.15, 0.2) is 84.0 Å². The van der Waals surface area contributed by atoms with Crippen molar-refractivity contribution >= 4 is 23.0 Å². The van der Waals surface area contributed by atoms with Crippen LogP contribution < -0.4 is 10.3 Å². The number of ether oxygens (including phenoxy) is 1. The lowest BCUT2D eigenvalue weighted by Gasteiger charge is -2.20. The highest BCUT2D eigenvalue weighted by Gasteiger charge is 2.23. The predicted molar refractivity (Wildman–Crippen MR) is 151 cm³/mol. The van der Waals surface area contributed by atoms with Crippen LogP contribution in [0.25, 0.3) is 28.0 Å². The number of nitrogens with zero attached hydrogens (tertiary/aromatic N) is 4. The summed E-state index contributed by atoms with van der Waals surface area (Å²) in [7, 11) is 1.47. The van der Waals surface area contributed by atoms with E-state index in [2.05, 4.69) is 11.1 Å². The Bertz CT molecular complexity index is 1840. The highest BCUT2D eigenvalue weighted by Crippen LogP contribution is 2.33. The maximum atomic E-state index is 13.5. The Balaban J connectivity index is 1.44. The third-order valence-electron chi connectivity index (χ3n) is 6.78. The van der Waals surface area contributed by atoms with Gasteiger partial charge in [0.2, 0.25) is 0 Å². The monoisotopic (exact) mass is 554 g/mol. The average molecular weight is 555 g/mol. The van der Waals surface area contributed by atoms with Gasteiger partial charge in [-0.15, -0.1) is 0 Å². The van der Waals surface area contributed by atoms with Crippen LogP contribution in [0.3, 0.4) is 0 Å². The molecule has 5 rings (SSSR count). The Morgan fingerprint density at radius 2 is 1.85 bits per heavy atom. The van der Waals surface area contributed by atoms with Gasteiger partial charge in [-0.3, -0.25) is 9.59 Å². The lowest BCUT2D eigenvalue weighted by atomic mass is 9.99. The van der Waals surface area contributed by atoms with Crippen molar-refractivity contribution in [3.63, 3.8) is 0 Å². The first-order valence-corrected chi connectivity index (χ1v) is 13.0. The van der Waals surface area contributed by atoms with E-state index in [9.17, 15) is 19.2 Å². The number of hydrogen-bond acceptors (Lipinski definition) is 5.